The van der Waals surface area contributed by atoms with E-state index in [4.69, 9.17) is 4.74 Å². The van der Waals surface area contributed by atoms with E-state index in [2.05, 4.69) is 5.10 Å². The molecule has 2 saturated heterocycles. The Hall–Kier alpha value is -1.16. The third-order valence-electron chi connectivity index (χ3n) is 3.43. The zero-order valence-electron chi connectivity index (χ0n) is 8.72. The Morgan fingerprint density at radius 2 is 2.47 bits per heavy atom. The Morgan fingerprint density at radius 3 is 3.00 bits per heavy atom. The van der Waals surface area contributed by atoms with Crippen molar-refractivity contribution >= 4 is 5.78 Å². The van der Waals surface area contributed by atoms with Gasteiger partial charge in [-0.05, 0) is 19.3 Å². The Labute approximate surface area is 88.2 Å². The highest BCUT2D eigenvalue weighted by Crippen LogP contribution is 2.40. The van der Waals surface area contributed by atoms with Crippen LogP contribution in [-0.4, -0.2) is 27.8 Å². The quantitative estimate of drug-likeness (QED) is 0.682. The van der Waals surface area contributed by atoms with E-state index >= 15 is 0 Å². The minimum Gasteiger partial charge on any atom is -0.374 e. The molecule has 80 valence electrons. The minimum atomic E-state index is 0.0768. The predicted molar refractivity (Wildman–Crippen MR) is 53.5 cm³/mol. The number of aromatic nitrogens is 2. The number of fused-ring (bicyclic) bond motifs is 2. The monoisotopic (exact) mass is 206 g/mol. The number of hydrogen-bond acceptors (Lipinski definition) is 3. The van der Waals surface area contributed by atoms with E-state index in [1.165, 1.54) is 0 Å². The number of rotatable bonds is 2. The molecule has 2 aliphatic heterocycles. The molecule has 3 unspecified atom stereocenters. The summed E-state index contributed by atoms with van der Waals surface area (Å²) in [5, 5.41) is 4.03. The second kappa shape index (κ2) is 3.17. The molecule has 3 rings (SSSR count). The maximum Gasteiger partial charge on any atom is 0.171 e. The molecule has 1 aromatic heterocycles. The van der Waals surface area contributed by atoms with Crippen LogP contribution in [0, 0.1) is 5.92 Å². The molecular weight excluding hydrogens is 192 g/mol. The molecule has 3 atom stereocenters. The molecule has 4 nitrogen and oxygen atoms in total. The molecule has 15 heavy (non-hydrogen) atoms. The van der Waals surface area contributed by atoms with Crippen LogP contribution in [0.3, 0.4) is 0 Å². The van der Waals surface area contributed by atoms with E-state index in [0.717, 1.165) is 24.8 Å². The molecule has 0 aromatic carbocycles. The van der Waals surface area contributed by atoms with Gasteiger partial charge in [0.15, 0.2) is 5.78 Å². The molecule has 0 N–H and O–H groups in total. The molecular formula is C11H14N2O2. The van der Waals surface area contributed by atoms with Gasteiger partial charge >= 0.3 is 0 Å². The van der Waals surface area contributed by atoms with E-state index < -0.39 is 0 Å². The molecule has 0 aliphatic carbocycles. The molecule has 0 amide bonds. The largest absolute Gasteiger partial charge is 0.374 e. The average Bonchev–Trinajstić information content (AvgIpc) is 2.90. The number of carbonyl (C=O) groups excluding carboxylic acids is 1. The first-order valence-corrected chi connectivity index (χ1v) is 5.42. The zero-order valence-corrected chi connectivity index (χ0v) is 8.72. The molecule has 4 heteroatoms. The third kappa shape index (κ3) is 1.40. The van der Waals surface area contributed by atoms with E-state index in [0.29, 0.717) is 6.10 Å². The number of carbonyl (C=O) groups is 1. The van der Waals surface area contributed by atoms with Gasteiger partial charge in [0.2, 0.25) is 0 Å². The summed E-state index contributed by atoms with van der Waals surface area (Å²) >= 11 is 0. The van der Waals surface area contributed by atoms with Crippen LogP contribution in [-0.2, 0) is 11.8 Å². The molecule has 3 heterocycles. The van der Waals surface area contributed by atoms with E-state index in [-0.39, 0.29) is 17.8 Å². The summed E-state index contributed by atoms with van der Waals surface area (Å²) in [6.07, 6.45) is 7.01. The van der Waals surface area contributed by atoms with Gasteiger partial charge in [-0.2, -0.15) is 5.10 Å². The maximum absolute atomic E-state index is 12.1. The van der Waals surface area contributed by atoms with Crippen LogP contribution >= 0.6 is 0 Å². The van der Waals surface area contributed by atoms with Gasteiger partial charge in [-0.3, -0.25) is 9.48 Å². The first-order valence-electron chi connectivity index (χ1n) is 5.42. The van der Waals surface area contributed by atoms with Gasteiger partial charge in [-0.25, -0.2) is 0 Å². The van der Waals surface area contributed by atoms with Crippen LogP contribution in [0.1, 0.15) is 29.6 Å². The van der Waals surface area contributed by atoms with Crippen molar-refractivity contribution in [1.82, 2.24) is 9.78 Å². The van der Waals surface area contributed by atoms with E-state index in [1.807, 2.05) is 7.05 Å². The topological polar surface area (TPSA) is 44.1 Å². The van der Waals surface area contributed by atoms with Crippen molar-refractivity contribution in [2.24, 2.45) is 13.0 Å². The average molecular weight is 206 g/mol. The Kier molecular flexibility index (Phi) is 1.92. The van der Waals surface area contributed by atoms with Crippen LogP contribution in [0.2, 0.25) is 0 Å². The van der Waals surface area contributed by atoms with Gasteiger partial charge in [-0.1, -0.05) is 0 Å². The Morgan fingerprint density at radius 1 is 1.60 bits per heavy atom. The number of hydrogen-bond donors (Lipinski definition) is 0. The fourth-order valence-corrected chi connectivity index (χ4v) is 2.68. The van der Waals surface area contributed by atoms with Crippen LogP contribution in [0.5, 0.6) is 0 Å². The lowest BCUT2D eigenvalue weighted by Gasteiger charge is -2.15. The van der Waals surface area contributed by atoms with Gasteiger partial charge in [-0.15, -0.1) is 0 Å². The molecule has 0 saturated carbocycles. The number of ketones is 1. The lowest BCUT2D eigenvalue weighted by Crippen LogP contribution is -2.25. The number of ether oxygens (including phenoxy) is 1. The number of nitrogens with zero attached hydrogens (tertiary/aromatic N) is 2. The third-order valence-corrected chi connectivity index (χ3v) is 3.43. The fourth-order valence-electron chi connectivity index (χ4n) is 2.68. The number of Topliss-reactive ketones (excluding diaryl/α,β-unsaturated/α-hetero) is 1. The summed E-state index contributed by atoms with van der Waals surface area (Å²) < 4.78 is 7.35. The fraction of sp³-hybridized carbons (Fsp3) is 0.636. The lowest BCUT2D eigenvalue weighted by molar-refractivity contribution is 0.0743. The smallest absolute Gasteiger partial charge is 0.171 e. The van der Waals surface area contributed by atoms with Gasteiger partial charge in [0, 0.05) is 13.2 Å². The molecule has 0 radical (unpaired) electrons. The van der Waals surface area contributed by atoms with E-state index in [9.17, 15) is 4.79 Å². The Balaban J connectivity index is 1.81. The zero-order chi connectivity index (χ0) is 10.4. The highest BCUT2D eigenvalue weighted by Gasteiger charge is 2.44. The normalized spacial score (nSPS) is 33.5. The molecule has 2 fully saturated rings. The van der Waals surface area contributed by atoms with Crippen molar-refractivity contribution in [3.63, 3.8) is 0 Å². The van der Waals surface area contributed by atoms with Crippen LogP contribution in [0.15, 0.2) is 12.4 Å². The van der Waals surface area contributed by atoms with Crippen LogP contribution in [0.4, 0.5) is 0 Å². The molecule has 0 spiro atoms. The summed E-state index contributed by atoms with van der Waals surface area (Å²) in [4.78, 5) is 12.1. The van der Waals surface area contributed by atoms with Crippen molar-refractivity contribution in [3.05, 3.63) is 18.0 Å². The molecule has 2 bridgehead atoms. The maximum atomic E-state index is 12.1. The number of aryl methyl sites for hydroxylation is 1. The minimum absolute atomic E-state index is 0.0768. The second-order valence-electron chi connectivity index (χ2n) is 4.48. The SMILES string of the molecule is Cn1cc(C(=O)C2CC3CCC2O3)cn1. The van der Waals surface area contributed by atoms with E-state index in [1.54, 1.807) is 17.1 Å². The van der Waals surface area contributed by atoms with Crippen LogP contribution < -0.4 is 0 Å². The van der Waals surface area contributed by atoms with Gasteiger partial charge in [0.1, 0.15) is 0 Å². The van der Waals surface area contributed by atoms with Crippen molar-refractivity contribution in [3.8, 4) is 0 Å². The van der Waals surface area contributed by atoms with Crippen molar-refractivity contribution in [1.29, 1.82) is 0 Å². The summed E-state index contributed by atoms with van der Waals surface area (Å²) in [5.41, 5.74) is 0.721. The first-order chi connectivity index (χ1) is 7.24. The first kappa shape index (κ1) is 9.09. The molecule has 2 aliphatic rings. The summed E-state index contributed by atoms with van der Waals surface area (Å²) in [6, 6.07) is 0. The van der Waals surface area contributed by atoms with Crippen LogP contribution in [0.25, 0.3) is 0 Å². The lowest BCUT2D eigenvalue weighted by atomic mass is 9.84. The Bertz CT molecular complexity index is 399. The summed E-state index contributed by atoms with van der Waals surface area (Å²) in [7, 11) is 1.83. The van der Waals surface area contributed by atoms with Crippen molar-refractivity contribution in [2.45, 2.75) is 31.5 Å². The molecule has 1 aromatic rings. The summed E-state index contributed by atoms with van der Waals surface area (Å²) in [5.74, 6) is 0.281. The second-order valence-corrected chi connectivity index (χ2v) is 4.48. The van der Waals surface area contributed by atoms with Gasteiger partial charge in [0.25, 0.3) is 0 Å². The highest BCUT2D eigenvalue weighted by atomic mass is 16.5. The highest BCUT2D eigenvalue weighted by molar-refractivity contribution is 5.98. The summed E-state index contributed by atoms with van der Waals surface area (Å²) in [6.45, 7) is 0. The van der Waals surface area contributed by atoms with Crippen molar-refractivity contribution < 1.29 is 9.53 Å². The van der Waals surface area contributed by atoms with Gasteiger partial charge in [0.05, 0.1) is 29.9 Å². The predicted octanol–water partition coefficient (Wildman–Crippen LogP) is 1.17. The standard InChI is InChI=1S/C11H14N2O2/c1-13-6-7(5-12-13)11(14)9-4-8-2-3-10(9)15-8/h5-6,8-10H,2-4H2,1H3. The van der Waals surface area contributed by atoms with Gasteiger partial charge < -0.3 is 4.74 Å². The van der Waals surface area contributed by atoms with Crippen molar-refractivity contribution in [2.75, 3.05) is 0 Å².